The largest absolute Gasteiger partial charge is 0.507 e. The average Bonchev–Trinajstić information content (AvgIpc) is 2.77. The van der Waals surface area contributed by atoms with Crippen molar-refractivity contribution >= 4 is 22.0 Å². The number of amides is 1. The molecule has 0 aliphatic rings. The molecular weight excluding hydrogens is 446 g/mol. The summed E-state index contributed by atoms with van der Waals surface area (Å²) < 4.78 is 36.9. The number of carbonyl (C=O) groups is 1. The molecule has 0 heterocycles. The monoisotopic (exact) mass is 477 g/mol. The third-order valence-electron chi connectivity index (χ3n) is 5.05. The van der Waals surface area contributed by atoms with Gasteiger partial charge >= 0.3 is 6.09 Å². The molecule has 2 aromatic rings. The van der Waals surface area contributed by atoms with E-state index in [0.29, 0.717) is 12.3 Å². The third kappa shape index (κ3) is 7.28. The van der Waals surface area contributed by atoms with Crippen LogP contribution in [0.3, 0.4) is 0 Å². The molecule has 1 amide bonds. The topological polar surface area (TPSA) is 129 Å². The van der Waals surface area contributed by atoms with Gasteiger partial charge in [-0.1, -0.05) is 38.1 Å². The molecule has 0 saturated heterocycles. The van der Waals surface area contributed by atoms with Crippen LogP contribution in [0.4, 0.5) is 4.79 Å². The number of phenols is 1. The van der Waals surface area contributed by atoms with Gasteiger partial charge in [-0.3, -0.25) is 10.7 Å². The van der Waals surface area contributed by atoms with E-state index in [0.717, 1.165) is 15.9 Å². The quantitative estimate of drug-likeness (QED) is 0.274. The molecule has 0 bridgehead atoms. The number of sulfonamides is 1. The second-order valence-corrected chi connectivity index (χ2v) is 9.80. The maximum Gasteiger partial charge on any atom is 0.412 e. The zero-order valence-electron chi connectivity index (χ0n) is 19.3. The summed E-state index contributed by atoms with van der Waals surface area (Å²) in [6.45, 7) is 4.63. The molecule has 0 saturated carbocycles. The van der Waals surface area contributed by atoms with Crippen molar-refractivity contribution in [2.45, 2.75) is 31.1 Å². The Bertz CT molecular complexity index is 1070. The van der Waals surface area contributed by atoms with Crippen LogP contribution in [-0.2, 0) is 25.9 Å². The van der Waals surface area contributed by atoms with E-state index in [4.69, 9.17) is 14.9 Å². The Kier molecular flexibility index (Phi) is 9.39. The average molecular weight is 478 g/mol. The molecule has 0 unspecified atom stereocenters. The van der Waals surface area contributed by atoms with Crippen LogP contribution in [0.5, 0.6) is 5.75 Å². The second-order valence-electron chi connectivity index (χ2n) is 7.78. The van der Waals surface area contributed by atoms with E-state index in [1.54, 1.807) is 0 Å². The van der Waals surface area contributed by atoms with E-state index < -0.39 is 21.9 Å². The van der Waals surface area contributed by atoms with E-state index in [1.807, 2.05) is 24.3 Å². The van der Waals surface area contributed by atoms with Crippen molar-refractivity contribution < 1.29 is 27.8 Å². The molecule has 0 spiro atoms. The number of amidine groups is 1. The lowest BCUT2D eigenvalue weighted by Gasteiger charge is -2.19. The number of aromatic hydroxyl groups is 1. The first-order valence-electron chi connectivity index (χ1n) is 10.5. The minimum atomic E-state index is -4.04. The number of nitrogens with zero attached hydrogens (tertiary/aromatic N) is 1. The predicted molar refractivity (Wildman–Crippen MR) is 125 cm³/mol. The molecule has 33 heavy (non-hydrogen) atoms. The number of benzene rings is 2. The first kappa shape index (κ1) is 26.3. The first-order valence-corrected chi connectivity index (χ1v) is 11.9. The van der Waals surface area contributed by atoms with Crippen molar-refractivity contribution in [3.05, 3.63) is 59.2 Å². The summed E-state index contributed by atoms with van der Waals surface area (Å²) in [4.78, 5) is 11.4. The van der Waals surface area contributed by atoms with Crippen LogP contribution in [0, 0.1) is 5.41 Å². The van der Waals surface area contributed by atoms with Crippen LogP contribution in [0.15, 0.2) is 47.4 Å². The van der Waals surface area contributed by atoms with Crippen LogP contribution in [0.25, 0.3) is 0 Å². The number of hydrogen-bond acceptors (Lipinski definition) is 7. The van der Waals surface area contributed by atoms with Crippen molar-refractivity contribution in [3.63, 3.8) is 0 Å². The lowest BCUT2D eigenvalue weighted by Crippen LogP contribution is -2.32. The minimum Gasteiger partial charge on any atom is -0.507 e. The lowest BCUT2D eigenvalue weighted by atomic mass is 10.0. The highest BCUT2D eigenvalue weighted by Gasteiger charge is 2.25. The number of ether oxygens (including phenoxy) is 2. The standard InChI is InChI=1S/C23H31N3O6S/c1-16(2)18-7-5-17(6-8-18)11-12-26(3)33(29,30)21-15-19(9-10-20(21)27)22(24)25-23(28)32-14-13-31-4/h5-10,15-16,27H,11-14H2,1-4H3,(H2,24,25,28). The Hall–Kier alpha value is -2.95. The summed E-state index contributed by atoms with van der Waals surface area (Å²) in [7, 11) is -1.15. The number of hydrogen-bond donors (Lipinski definition) is 3. The first-order chi connectivity index (χ1) is 15.6. The maximum absolute atomic E-state index is 13.1. The normalized spacial score (nSPS) is 11.6. The number of alkyl carbamates (subject to hydrolysis) is 1. The van der Waals surface area contributed by atoms with Crippen molar-refractivity contribution in [1.29, 1.82) is 5.41 Å². The molecule has 10 heteroatoms. The van der Waals surface area contributed by atoms with E-state index in [2.05, 4.69) is 19.2 Å². The Morgan fingerprint density at radius 3 is 2.42 bits per heavy atom. The van der Waals surface area contributed by atoms with Gasteiger partial charge in [0.1, 0.15) is 23.1 Å². The number of methoxy groups -OCH3 is 1. The molecular formula is C23H31N3O6S. The van der Waals surface area contributed by atoms with E-state index in [1.165, 1.54) is 31.9 Å². The van der Waals surface area contributed by atoms with Gasteiger partial charge < -0.3 is 14.6 Å². The highest BCUT2D eigenvalue weighted by Crippen LogP contribution is 2.26. The zero-order valence-corrected chi connectivity index (χ0v) is 20.1. The SMILES string of the molecule is COCCOC(=O)NC(=N)c1ccc(O)c(S(=O)(=O)N(C)CCc2ccc(C(C)C)cc2)c1. The molecule has 9 nitrogen and oxygen atoms in total. The van der Waals surface area contributed by atoms with Gasteiger partial charge in [0.25, 0.3) is 0 Å². The molecule has 3 N–H and O–H groups in total. The van der Waals surface area contributed by atoms with Crippen LogP contribution < -0.4 is 5.32 Å². The van der Waals surface area contributed by atoms with Gasteiger partial charge in [-0.05, 0) is 41.7 Å². The van der Waals surface area contributed by atoms with Gasteiger partial charge in [-0.2, -0.15) is 0 Å². The fraction of sp³-hybridized carbons (Fsp3) is 0.391. The van der Waals surface area contributed by atoms with Crippen molar-refractivity contribution in [3.8, 4) is 5.75 Å². The Morgan fingerprint density at radius 1 is 1.15 bits per heavy atom. The van der Waals surface area contributed by atoms with Gasteiger partial charge in [-0.15, -0.1) is 0 Å². The molecule has 0 radical (unpaired) electrons. The molecule has 180 valence electrons. The highest BCUT2D eigenvalue weighted by atomic mass is 32.2. The predicted octanol–water partition coefficient (Wildman–Crippen LogP) is 3.08. The fourth-order valence-electron chi connectivity index (χ4n) is 2.95. The van der Waals surface area contributed by atoms with Crippen molar-refractivity contribution in [1.82, 2.24) is 9.62 Å². The number of likely N-dealkylation sites (N-methyl/N-ethyl adjacent to an activating group) is 1. The van der Waals surface area contributed by atoms with Crippen LogP contribution in [0.1, 0.15) is 36.5 Å². The molecule has 2 aromatic carbocycles. The maximum atomic E-state index is 13.1. The van der Waals surface area contributed by atoms with Crippen LogP contribution >= 0.6 is 0 Å². The van der Waals surface area contributed by atoms with E-state index in [-0.39, 0.29) is 36.1 Å². The number of rotatable bonds is 10. The van der Waals surface area contributed by atoms with Gasteiger partial charge in [0.15, 0.2) is 0 Å². The second kappa shape index (κ2) is 11.8. The number of phenolic OH excluding ortho intramolecular Hbond substituents is 1. The zero-order chi connectivity index (χ0) is 24.6. The molecule has 0 atom stereocenters. The molecule has 0 aromatic heterocycles. The summed E-state index contributed by atoms with van der Waals surface area (Å²) >= 11 is 0. The van der Waals surface area contributed by atoms with Gasteiger partial charge in [-0.25, -0.2) is 17.5 Å². The third-order valence-corrected chi connectivity index (χ3v) is 6.93. The van der Waals surface area contributed by atoms with Crippen molar-refractivity contribution in [2.75, 3.05) is 33.9 Å². The Morgan fingerprint density at radius 2 is 1.82 bits per heavy atom. The molecule has 2 rings (SSSR count). The Balaban J connectivity index is 2.10. The lowest BCUT2D eigenvalue weighted by molar-refractivity contribution is 0.102. The summed E-state index contributed by atoms with van der Waals surface area (Å²) in [5.41, 5.74) is 2.31. The molecule has 0 fully saturated rings. The van der Waals surface area contributed by atoms with Crippen LogP contribution in [-0.4, -0.2) is 63.7 Å². The smallest absolute Gasteiger partial charge is 0.412 e. The van der Waals surface area contributed by atoms with Gasteiger partial charge in [0.2, 0.25) is 10.0 Å². The summed E-state index contributed by atoms with van der Waals surface area (Å²) in [5.74, 6) is -0.387. The Labute approximate surface area is 194 Å². The minimum absolute atomic E-state index is 0.00973. The molecule has 0 aliphatic carbocycles. The molecule has 0 aliphatic heterocycles. The fourth-order valence-corrected chi connectivity index (χ4v) is 4.22. The summed E-state index contributed by atoms with van der Waals surface area (Å²) in [6, 6.07) is 11.7. The summed E-state index contributed by atoms with van der Waals surface area (Å²) in [6.07, 6.45) is -0.366. The number of nitrogens with one attached hydrogen (secondary N) is 2. The summed E-state index contributed by atoms with van der Waals surface area (Å²) in [5, 5.41) is 20.4. The number of carbonyl (C=O) groups excluding carboxylic acids is 1. The van der Waals surface area contributed by atoms with Gasteiger partial charge in [0, 0.05) is 26.3 Å². The van der Waals surface area contributed by atoms with Crippen molar-refractivity contribution in [2.24, 2.45) is 0 Å². The van der Waals surface area contributed by atoms with E-state index in [9.17, 15) is 18.3 Å². The highest BCUT2D eigenvalue weighted by molar-refractivity contribution is 7.89. The van der Waals surface area contributed by atoms with E-state index >= 15 is 0 Å². The van der Waals surface area contributed by atoms with Gasteiger partial charge in [0.05, 0.1) is 6.61 Å². The van der Waals surface area contributed by atoms with Crippen LogP contribution in [0.2, 0.25) is 0 Å².